The Kier molecular flexibility index (Phi) is 2.58. The van der Waals surface area contributed by atoms with Gasteiger partial charge in [-0.05, 0) is 6.92 Å². The number of nitrogens with zero attached hydrogens (tertiary/aromatic N) is 3. The van der Waals surface area contributed by atoms with Crippen LogP contribution < -0.4 is 0 Å². The van der Waals surface area contributed by atoms with Gasteiger partial charge in [-0.25, -0.2) is 9.67 Å². The molecular formula is C11H11N3O. The van der Waals surface area contributed by atoms with E-state index < -0.39 is 0 Å². The van der Waals surface area contributed by atoms with E-state index in [9.17, 15) is 4.79 Å². The van der Waals surface area contributed by atoms with E-state index >= 15 is 0 Å². The minimum Gasteiger partial charge on any atom is -0.298 e. The minimum absolute atomic E-state index is 0.639. The van der Waals surface area contributed by atoms with Gasteiger partial charge < -0.3 is 0 Å². The molecule has 4 nitrogen and oxygen atoms in total. The molecule has 0 aliphatic rings. The molecule has 4 heteroatoms. The van der Waals surface area contributed by atoms with Crippen molar-refractivity contribution in [2.24, 2.45) is 0 Å². The summed E-state index contributed by atoms with van der Waals surface area (Å²) in [5.74, 6) is 0.736. The Hall–Kier alpha value is -1.97. The summed E-state index contributed by atoms with van der Waals surface area (Å²) in [4.78, 5) is 15.0. The van der Waals surface area contributed by atoms with Crippen LogP contribution in [0.5, 0.6) is 0 Å². The fourth-order valence-corrected chi connectivity index (χ4v) is 1.51. The molecule has 0 saturated carbocycles. The van der Waals surface area contributed by atoms with Crippen LogP contribution in [0.4, 0.5) is 0 Å². The number of carbonyl (C=O) groups is 1. The SMILES string of the molecule is CCn1ncnc1-c1ccccc1C=O. The summed E-state index contributed by atoms with van der Waals surface area (Å²) in [6, 6.07) is 7.37. The second-order valence-corrected chi connectivity index (χ2v) is 3.10. The van der Waals surface area contributed by atoms with E-state index in [0.29, 0.717) is 5.56 Å². The van der Waals surface area contributed by atoms with E-state index in [-0.39, 0.29) is 0 Å². The van der Waals surface area contributed by atoms with Crippen molar-refractivity contribution in [2.45, 2.75) is 13.5 Å². The molecule has 1 heterocycles. The van der Waals surface area contributed by atoms with Crippen LogP contribution in [0.15, 0.2) is 30.6 Å². The first-order valence-corrected chi connectivity index (χ1v) is 4.79. The van der Waals surface area contributed by atoms with Crippen molar-refractivity contribution in [1.82, 2.24) is 14.8 Å². The molecule has 0 bridgehead atoms. The largest absolute Gasteiger partial charge is 0.298 e. The average molecular weight is 201 g/mol. The van der Waals surface area contributed by atoms with Gasteiger partial charge in [0.2, 0.25) is 0 Å². The second-order valence-electron chi connectivity index (χ2n) is 3.10. The van der Waals surface area contributed by atoms with Crippen LogP contribution in [0.2, 0.25) is 0 Å². The predicted octanol–water partition coefficient (Wildman–Crippen LogP) is 1.78. The van der Waals surface area contributed by atoms with Crippen molar-refractivity contribution in [3.05, 3.63) is 36.2 Å². The molecule has 0 fully saturated rings. The summed E-state index contributed by atoms with van der Waals surface area (Å²) in [6.45, 7) is 2.73. The number of hydrogen-bond acceptors (Lipinski definition) is 3. The molecule has 76 valence electrons. The van der Waals surface area contributed by atoms with Gasteiger partial charge in [0.1, 0.15) is 6.33 Å². The highest BCUT2D eigenvalue weighted by Crippen LogP contribution is 2.19. The fraction of sp³-hybridized carbons (Fsp3) is 0.182. The molecular weight excluding hydrogens is 190 g/mol. The van der Waals surface area contributed by atoms with E-state index in [2.05, 4.69) is 10.1 Å². The van der Waals surface area contributed by atoms with Crippen LogP contribution in [0, 0.1) is 0 Å². The normalized spacial score (nSPS) is 10.2. The van der Waals surface area contributed by atoms with Crippen LogP contribution in [0.1, 0.15) is 17.3 Å². The molecule has 15 heavy (non-hydrogen) atoms. The van der Waals surface area contributed by atoms with Crippen molar-refractivity contribution in [3.63, 3.8) is 0 Å². The molecule has 0 unspecified atom stereocenters. The van der Waals surface area contributed by atoms with Gasteiger partial charge in [0, 0.05) is 17.7 Å². The molecule has 1 aromatic heterocycles. The molecule has 2 rings (SSSR count). The van der Waals surface area contributed by atoms with Gasteiger partial charge in [-0.2, -0.15) is 5.10 Å². The average Bonchev–Trinajstić information content (AvgIpc) is 2.76. The third-order valence-electron chi connectivity index (χ3n) is 2.24. The highest BCUT2D eigenvalue weighted by atomic mass is 16.1. The Labute approximate surface area is 87.6 Å². The van der Waals surface area contributed by atoms with Crippen molar-refractivity contribution in [1.29, 1.82) is 0 Å². The summed E-state index contributed by atoms with van der Waals surface area (Å²) in [6.07, 6.45) is 2.34. The lowest BCUT2D eigenvalue weighted by Crippen LogP contribution is -2.01. The zero-order chi connectivity index (χ0) is 10.7. The number of aldehydes is 1. The molecule has 0 amide bonds. The highest BCUT2D eigenvalue weighted by molar-refractivity contribution is 5.85. The van der Waals surface area contributed by atoms with Gasteiger partial charge in [0.25, 0.3) is 0 Å². The minimum atomic E-state index is 0.639. The number of hydrogen-bond donors (Lipinski definition) is 0. The zero-order valence-electron chi connectivity index (χ0n) is 8.42. The van der Waals surface area contributed by atoms with Gasteiger partial charge in [0.05, 0.1) is 0 Å². The number of aromatic nitrogens is 3. The topological polar surface area (TPSA) is 47.8 Å². The summed E-state index contributed by atoms with van der Waals surface area (Å²) < 4.78 is 1.77. The third-order valence-corrected chi connectivity index (χ3v) is 2.24. The summed E-state index contributed by atoms with van der Waals surface area (Å²) in [7, 11) is 0. The number of rotatable bonds is 3. The van der Waals surface area contributed by atoms with Crippen molar-refractivity contribution in [2.75, 3.05) is 0 Å². The van der Waals surface area contributed by atoms with Crippen molar-refractivity contribution in [3.8, 4) is 11.4 Å². The Balaban J connectivity index is 2.58. The van der Waals surface area contributed by atoms with E-state index in [1.165, 1.54) is 6.33 Å². The Morgan fingerprint density at radius 1 is 1.40 bits per heavy atom. The summed E-state index contributed by atoms with van der Waals surface area (Å²) in [5.41, 5.74) is 1.46. The molecule has 0 radical (unpaired) electrons. The monoisotopic (exact) mass is 201 g/mol. The van der Waals surface area contributed by atoms with Crippen LogP contribution in [-0.4, -0.2) is 21.1 Å². The Bertz CT molecular complexity index is 476. The van der Waals surface area contributed by atoms with Gasteiger partial charge in [-0.1, -0.05) is 24.3 Å². The summed E-state index contributed by atoms with van der Waals surface area (Å²) >= 11 is 0. The lowest BCUT2D eigenvalue weighted by molar-refractivity contribution is 0.112. The zero-order valence-corrected chi connectivity index (χ0v) is 8.42. The van der Waals surface area contributed by atoms with Crippen LogP contribution in [-0.2, 0) is 6.54 Å². The molecule has 0 atom stereocenters. The Morgan fingerprint density at radius 2 is 2.20 bits per heavy atom. The first-order chi connectivity index (χ1) is 7.36. The van der Waals surface area contributed by atoms with E-state index in [4.69, 9.17) is 0 Å². The van der Waals surface area contributed by atoms with E-state index in [1.54, 1.807) is 10.7 Å². The van der Waals surface area contributed by atoms with E-state index in [1.807, 2.05) is 25.1 Å². The molecule has 0 aliphatic heterocycles. The summed E-state index contributed by atoms with van der Waals surface area (Å²) in [5, 5.41) is 4.08. The van der Waals surface area contributed by atoms with Crippen LogP contribution >= 0.6 is 0 Å². The predicted molar refractivity (Wildman–Crippen MR) is 56.5 cm³/mol. The molecule has 2 aromatic rings. The quantitative estimate of drug-likeness (QED) is 0.711. The highest BCUT2D eigenvalue weighted by Gasteiger charge is 2.09. The van der Waals surface area contributed by atoms with Crippen molar-refractivity contribution < 1.29 is 4.79 Å². The Morgan fingerprint density at radius 3 is 2.93 bits per heavy atom. The number of benzene rings is 1. The third kappa shape index (κ3) is 1.66. The maximum atomic E-state index is 10.9. The van der Waals surface area contributed by atoms with Gasteiger partial charge >= 0.3 is 0 Å². The smallest absolute Gasteiger partial charge is 0.158 e. The standard InChI is InChI=1S/C11H11N3O/c1-2-14-11(12-8-13-14)10-6-4-3-5-9(10)7-15/h3-8H,2H2,1H3. The van der Waals surface area contributed by atoms with Gasteiger partial charge in [0.15, 0.2) is 12.1 Å². The van der Waals surface area contributed by atoms with Crippen LogP contribution in [0.25, 0.3) is 11.4 Å². The first-order valence-electron chi connectivity index (χ1n) is 4.79. The van der Waals surface area contributed by atoms with Crippen molar-refractivity contribution >= 4 is 6.29 Å². The molecule has 0 N–H and O–H groups in total. The maximum Gasteiger partial charge on any atom is 0.158 e. The lowest BCUT2D eigenvalue weighted by atomic mass is 10.1. The molecule has 0 spiro atoms. The van der Waals surface area contributed by atoms with Gasteiger partial charge in [-0.3, -0.25) is 4.79 Å². The number of carbonyl (C=O) groups excluding carboxylic acids is 1. The number of aryl methyl sites for hydroxylation is 1. The fourth-order valence-electron chi connectivity index (χ4n) is 1.51. The second kappa shape index (κ2) is 4.04. The molecule has 0 aliphatic carbocycles. The molecule has 0 saturated heterocycles. The maximum absolute atomic E-state index is 10.9. The first kappa shape index (κ1) is 9.58. The molecule has 1 aromatic carbocycles. The van der Waals surface area contributed by atoms with Crippen LogP contribution in [0.3, 0.4) is 0 Å². The lowest BCUT2D eigenvalue weighted by Gasteiger charge is -2.04. The van der Waals surface area contributed by atoms with Gasteiger partial charge in [-0.15, -0.1) is 0 Å². The van der Waals surface area contributed by atoms with E-state index in [0.717, 1.165) is 24.2 Å².